The fraction of sp³-hybridized carbons (Fsp3) is 0.455. The monoisotopic (exact) mass is 255 g/mol. The van der Waals surface area contributed by atoms with Gasteiger partial charge in [-0.1, -0.05) is 0 Å². The number of hydrogen-bond donors (Lipinski definition) is 1. The van der Waals surface area contributed by atoms with Crippen molar-refractivity contribution in [3.8, 4) is 0 Å². The van der Waals surface area contributed by atoms with E-state index in [1.54, 1.807) is 17.8 Å². The van der Waals surface area contributed by atoms with Crippen LogP contribution in [-0.4, -0.2) is 19.6 Å². The molecule has 0 aromatic carbocycles. The third kappa shape index (κ3) is 2.34. The highest BCUT2D eigenvalue weighted by Gasteiger charge is 2.11. The molecule has 7 heteroatoms. The van der Waals surface area contributed by atoms with Crippen molar-refractivity contribution in [2.75, 3.05) is 5.32 Å². The molecule has 0 radical (unpaired) electrons. The van der Waals surface area contributed by atoms with Crippen LogP contribution in [0.4, 0.5) is 14.5 Å². The Morgan fingerprint density at radius 3 is 2.61 bits per heavy atom. The van der Waals surface area contributed by atoms with Gasteiger partial charge in [0, 0.05) is 24.8 Å². The van der Waals surface area contributed by atoms with Crippen LogP contribution in [0.5, 0.6) is 0 Å². The maximum absolute atomic E-state index is 12.5. The van der Waals surface area contributed by atoms with Gasteiger partial charge in [0.25, 0.3) is 0 Å². The van der Waals surface area contributed by atoms with Gasteiger partial charge in [0.15, 0.2) is 0 Å². The van der Waals surface area contributed by atoms with E-state index < -0.39 is 6.55 Å². The molecule has 98 valence electrons. The van der Waals surface area contributed by atoms with E-state index in [0.29, 0.717) is 22.6 Å². The minimum absolute atomic E-state index is 0.537. The lowest BCUT2D eigenvalue weighted by atomic mass is 10.2. The zero-order valence-electron chi connectivity index (χ0n) is 10.5. The summed E-state index contributed by atoms with van der Waals surface area (Å²) in [6.45, 7) is 1.58. The molecule has 0 saturated carbocycles. The number of anilines is 1. The molecule has 0 saturated heterocycles. The fourth-order valence-corrected chi connectivity index (χ4v) is 1.66. The molecule has 0 aliphatic rings. The molecule has 5 nitrogen and oxygen atoms in total. The van der Waals surface area contributed by atoms with E-state index in [1.807, 2.05) is 14.0 Å². The molecule has 0 fully saturated rings. The number of aromatic nitrogens is 4. The lowest BCUT2D eigenvalue weighted by Gasteiger charge is -2.04. The maximum Gasteiger partial charge on any atom is 0.333 e. The second kappa shape index (κ2) is 4.75. The Morgan fingerprint density at radius 1 is 1.39 bits per heavy atom. The minimum Gasteiger partial charge on any atom is -0.378 e. The molecule has 2 heterocycles. The molecule has 2 rings (SSSR count). The van der Waals surface area contributed by atoms with E-state index in [0.717, 1.165) is 11.3 Å². The summed E-state index contributed by atoms with van der Waals surface area (Å²) in [6, 6.07) is 0. The SMILES string of the molecule is Cc1nn(C(F)F)cc1NCc1cnn(C)c1C. The number of halogens is 2. The van der Waals surface area contributed by atoms with Crippen LogP contribution in [0.15, 0.2) is 12.4 Å². The van der Waals surface area contributed by atoms with Gasteiger partial charge in [-0.05, 0) is 13.8 Å². The molecular weight excluding hydrogens is 240 g/mol. The average Bonchev–Trinajstić information content (AvgIpc) is 2.83. The highest BCUT2D eigenvalue weighted by atomic mass is 19.3. The van der Waals surface area contributed by atoms with Crippen LogP contribution < -0.4 is 5.32 Å². The standard InChI is InChI=1S/C11H15F2N5/c1-7-10(6-18(16-7)11(12)13)14-4-9-5-15-17(3)8(9)2/h5-6,11,14H,4H2,1-3H3. The summed E-state index contributed by atoms with van der Waals surface area (Å²) in [6.07, 6.45) is 3.07. The number of hydrogen-bond acceptors (Lipinski definition) is 3. The Labute approximate surface area is 103 Å². The highest BCUT2D eigenvalue weighted by molar-refractivity contribution is 5.46. The summed E-state index contributed by atoms with van der Waals surface area (Å²) >= 11 is 0. The van der Waals surface area contributed by atoms with Gasteiger partial charge in [-0.2, -0.15) is 19.0 Å². The quantitative estimate of drug-likeness (QED) is 0.911. The van der Waals surface area contributed by atoms with E-state index in [1.165, 1.54) is 6.20 Å². The maximum atomic E-state index is 12.5. The first-order valence-corrected chi connectivity index (χ1v) is 5.54. The van der Waals surface area contributed by atoms with Crippen LogP contribution >= 0.6 is 0 Å². The molecule has 0 unspecified atom stereocenters. The zero-order valence-corrected chi connectivity index (χ0v) is 10.5. The van der Waals surface area contributed by atoms with Crippen LogP contribution in [0.2, 0.25) is 0 Å². The summed E-state index contributed by atoms with van der Waals surface area (Å²) in [7, 11) is 1.86. The van der Waals surface area contributed by atoms with Gasteiger partial charge >= 0.3 is 6.55 Å². The van der Waals surface area contributed by atoms with Crippen molar-refractivity contribution in [1.82, 2.24) is 19.6 Å². The smallest absolute Gasteiger partial charge is 0.333 e. The summed E-state index contributed by atoms with van der Waals surface area (Å²) in [5, 5.41) is 10.9. The predicted molar refractivity (Wildman–Crippen MR) is 63.5 cm³/mol. The van der Waals surface area contributed by atoms with Crippen molar-refractivity contribution < 1.29 is 8.78 Å². The van der Waals surface area contributed by atoms with Crippen molar-refractivity contribution in [1.29, 1.82) is 0 Å². The molecule has 0 atom stereocenters. The highest BCUT2D eigenvalue weighted by Crippen LogP contribution is 2.18. The first-order valence-electron chi connectivity index (χ1n) is 5.54. The van der Waals surface area contributed by atoms with Gasteiger partial charge in [0.1, 0.15) is 0 Å². The van der Waals surface area contributed by atoms with Gasteiger partial charge in [0.2, 0.25) is 0 Å². The Balaban J connectivity index is 2.08. The normalized spacial score (nSPS) is 11.2. The van der Waals surface area contributed by atoms with Crippen molar-refractivity contribution in [2.45, 2.75) is 26.9 Å². The largest absolute Gasteiger partial charge is 0.378 e. The van der Waals surface area contributed by atoms with Crippen molar-refractivity contribution in [3.05, 3.63) is 29.3 Å². The average molecular weight is 255 g/mol. The first kappa shape index (κ1) is 12.5. The van der Waals surface area contributed by atoms with Gasteiger partial charge in [0.05, 0.1) is 23.8 Å². The van der Waals surface area contributed by atoms with Crippen LogP contribution in [0.25, 0.3) is 0 Å². The van der Waals surface area contributed by atoms with E-state index in [4.69, 9.17) is 0 Å². The Kier molecular flexibility index (Phi) is 3.31. The van der Waals surface area contributed by atoms with E-state index in [2.05, 4.69) is 15.5 Å². The van der Waals surface area contributed by atoms with Crippen LogP contribution in [0.3, 0.4) is 0 Å². The molecule has 2 aromatic rings. The summed E-state index contributed by atoms with van der Waals surface area (Å²) < 4.78 is 27.3. The number of rotatable bonds is 4. The molecular formula is C11H15F2N5. The molecule has 0 aliphatic heterocycles. The molecule has 2 aromatic heterocycles. The molecule has 0 amide bonds. The van der Waals surface area contributed by atoms with Crippen molar-refractivity contribution in [3.63, 3.8) is 0 Å². The first-order chi connectivity index (χ1) is 8.49. The molecule has 18 heavy (non-hydrogen) atoms. The molecule has 0 spiro atoms. The van der Waals surface area contributed by atoms with E-state index in [-0.39, 0.29) is 0 Å². The zero-order chi connectivity index (χ0) is 13.3. The minimum atomic E-state index is -2.61. The third-order valence-electron chi connectivity index (χ3n) is 2.92. The second-order valence-electron chi connectivity index (χ2n) is 4.12. The Bertz CT molecular complexity index is 544. The third-order valence-corrected chi connectivity index (χ3v) is 2.92. The lowest BCUT2D eigenvalue weighted by molar-refractivity contribution is 0.0563. The molecule has 0 bridgehead atoms. The Morgan fingerprint density at radius 2 is 2.11 bits per heavy atom. The van der Waals surface area contributed by atoms with E-state index >= 15 is 0 Å². The summed E-state index contributed by atoms with van der Waals surface area (Å²) in [5.41, 5.74) is 3.23. The summed E-state index contributed by atoms with van der Waals surface area (Å²) in [4.78, 5) is 0. The van der Waals surface area contributed by atoms with Crippen molar-refractivity contribution in [2.24, 2.45) is 7.05 Å². The molecule has 1 N–H and O–H groups in total. The van der Waals surface area contributed by atoms with Crippen LogP contribution in [0.1, 0.15) is 23.5 Å². The fourth-order valence-electron chi connectivity index (χ4n) is 1.66. The Hall–Kier alpha value is -1.92. The van der Waals surface area contributed by atoms with E-state index in [9.17, 15) is 8.78 Å². The van der Waals surface area contributed by atoms with Gasteiger partial charge in [-0.3, -0.25) is 4.68 Å². The topological polar surface area (TPSA) is 47.7 Å². The van der Waals surface area contributed by atoms with Gasteiger partial charge in [-0.25, -0.2) is 4.68 Å². The second-order valence-corrected chi connectivity index (χ2v) is 4.12. The van der Waals surface area contributed by atoms with Crippen LogP contribution in [0, 0.1) is 13.8 Å². The lowest BCUT2D eigenvalue weighted by Crippen LogP contribution is -2.01. The van der Waals surface area contributed by atoms with Crippen LogP contribution in [-0.2, 0) is 13.6 Å². The number of nitrogens with zero attached hydrogens (tertiary/aromatic N) is 4. The number of aryl methyl sites for hydroxylation is 2. The predicted octanol–water partition coefficient (Wildman–Crippen LogP) is 2.24. The van der Waals surface area contributed by atoms with Gasteiger partial charge < -0.3 is 5.32 Å². The van der Waals surface area contributed by atoms with Crippen molar-refractivity contribution >= 4 is 5.69 Å². The van der Waals surface area contributed by atoms with Gasteiger partial charge in [-0.15, -0.1) is 0 Å². The number of alkyl halides is 2. The summed E-state index contributed by atoms with van der Waals surface area (Å²) in [5.74, 6) is 0. The molecule has 0 aliphatic carbocycles. The number of nitrogens with one attached hydrogen (secondary N) is 1.